The Balaban J connectivity index is 2.40. The van der Waals surface area contributed by atoms with Crippen LogP contribution in [0, 0.1) is 0 Å². The summed E-state index contributed by atoms with van der Waals surface area (Å²) in [5.41, 5.74) is 0. The average molecular weight is 183 g/mol. The van der Waals surface area contributed by atoms with Crippen molar-refractivity contribution in [3.05, 3.63) is 0 Å². The molecule has 1 heterocycles. The highest BCUT2D eigenvalue weighted by Crippen LogP contribution is 2.06. The molecule has 1 atom stereocenters. The summed E-state index contributed by atoms with van der Waals surface area (Å²) < 4.78 is 5.29. The topological polar surface area (TPSA) is 52.8 Å². The van der Waals surface area contributed by atoms with Gasteiger partial charge in [0, 0.05) is 6.42 Å². The molecule has 0 aromatic heterocycles. The smallest absolute Gasteiger partial charge is 0.315 e. The lowest BCUT2D eigenvalue weighted by Crippen LogP contribution is -2.09. The number of amides is 1. The van der Waals surface area contributed by atoms with Gasteiger partial charge in [-0.1, -0.05) is 13.8 Å². The van der Waals surface area contributed by atoms with E-state index in [9.17, 15) is 4.79 Å². The predicted octanol–water partition coefficient (Wildman–Crippen LogP) is 1.08. The predicted molar refractivity (Wildman–Crippen MR) is 49.5 cm³/mol. The van der Waals surface area contributed by atoms with Crippen molar-refractivity contribution in [2.24, 2.45) is 4.99 Å². The molecule has 1 saturated heterocycles. The Kier molecular flexibility index (Phi) is 3.73. The number of amidine groups is 1. The van der Waals surface area contributed by atoms with Crippen molar-refractivity contribution in [3.8, 4) is 0 Å². The maximum Gasteiger partial charge on any atom is 0.315 e. The third-order valence-electron chi connectivity index (χ3n) is 1.84. The first-order valence-electron chi connectivity index (χ1n) is 4.72. The highest BCUT2D eigenvalue weighted by atomic mass is 16.5. The molecule has 1 radical (unpaired) electrons. The van der Waals surface area contributed by atoms with Gasteiger partial charge < -0.3 is 4.74 Å². The van der Waals surface area contributed by atoms with Crippen molar-refractivity contribution in [1.29, 1.82) is 0 Å². The Morgan fingerprint density at radius 2 is 2.46 bits per heavy atom. The molecule has 4 heteroatoms. The fourth-order valence-corrected chi connectivity index (χ4v) is 1.05. The van der Waals surface area contributed by atoms with Gasteiger partial charge in [0.05, 0.1) is 6.54 Å². The highest BCUT2D eigenvalue weighted by Gasteiger charge is 2.21. The van der Waals surface area contributed by atoms with Gasteiger partial charge in [-0.3, -0.25) is 4.79 Å². The molecule has 4 nitrogen and oxygen atoms in total. The molecular formula is C9H15N2O2. The van der Waals surface area contributed by atoms with Gasteiger partial charge in [0.15, 0.2) is 0 Å². The standard InChI is InChI=1S/C9H15N2O2/c1-3-5-8(12)11-9-10-6-7(4-2)13-9/h7H,3-6H2,1-2H3. The molecular weight excluding hydrogens is 168 g/mol. The number of carbonyl (C=O) groups is 1. The van der Waals surface area contributed by atoms with E-state index in [4.69, 9.17) is 4.74 Å². The van der Waals surface area contributed by atoms with Crippen molar-refractivity contribution in [1.82, 2.24) is 5.32 Å². The molecule has 0 aromatic carbocycles. The summed E-state index contributed by atoms with van der Waals surface area (Å²) in [6.07, 6.45) is 2.31. The van der Waals surface area contributed by atoms with Crippen LogP contribution in [0.1, 0.15) is 33.1 Å². The Hall–Kier alpha value is -1.06. The maximum atomic E-state index is 11.1. The van der Waals surface area contributed by atoms with Crippen LogP contribution in [0.25, 0.3) is 0 Å². The first kappa shape index (κ1) is 10.0. The summed E-state index contributed by atoms with van der Waals surface area (Å²) in [5, 5.41) is 4.02. The third-order valence-corrected chi connectivity index (χ3v) is 1.84. The molecule has 0 aliphatic carbocycles. The number of aliphatic imine (C=N–C) groups is 1. The van der Waals surface area contributed by atoms with Crippen LogP contribution < -0.4 is 5.32 Å². The van der Waals surface area contributed by atoms with Crippen molar-refractivity contribution in [2.75, 3.05) is 6.54 Å². The fourth-order valence-electron chi connectivity index (χ4n) is 1.05. The number of hydrogen-bond acceptors (Lipinski definition) is 2. The zero-order valence-corrected chi connectivity index (χ0v) is 8.12. The molecule has 1 amide bonds. The Morgan fingerprint density at radius 3 is 3.00 bits per heavy atom. The monoisotopic (exact) mass is 183 g/mol. The summed E-state index contributed by atoms with van der Waals surface area (Å²) in [7, 11) is 0. The summed E-state index contributed by atoms with van der Waals surface area (Å²) in [4.78, 5) is 14.8. The van der Waals surface area contributed by atoms with E-state index in [1.54, 1.807) is 0 Å². The zero-order chi connectivity index (χ0) is 9.68. The number of nitrogens with zero attached hydrogens (tertiary/aromatic N) is 2. The SMILES string of the molecule is CCCC(=O)N=C1[N]CC(CC)O1. The summed E-state index contributed by atoms with van der Waals surface area (Å²) >= 11 is 0. The van der Waals surface area contributed by atoms with Gasteiger partial charge in [-0.15, -0.1) is 0 Å². The lowest BCUT2D eigenvalue weighted by molar-refractivity contribution is -0.117. The number of hydrogen-bond donors (Lipinski definition) is 0. The molecule has 1 aliphatic heterocycles. The second-order valence-electron chi connectivity index (χ2n) is 3.03. The second-order valence-corrected chi connectivity index (χ2v) is 3.03. The van der Waals surface area contributed by atoms with Crippen LogP contribution in [0.5, 0.6) is 0 Å². The number of ether oxygens (including phenoxy) is 1. The van der Waals surface area contributed by atoms with Gasteiger partial charge in [-0.2, -0.15) is 4.99 Å². The van der Waals surface area contributed by atoms with E-state index in [2.05, 4.69) is 10.3 Å². The molecule has 1 unspecified atom stereocenters. The molecule has 13 heavy (non-hydrogen) atoms. The van der Waals surface area contributed by atoms with Crippen molar-refractivity contribution in [2.45, 2.75) is 39.2 Å². The fraction of sp³-hybridized carbons (Fsp3) is 0.778. The largest absolute Gasteiger partial charge is 0.458 e. The molecule has 0 N–H and O–H groups in total. The summed E-state index contributed by atoms with van der Waals surface area (Å²) in [5.74, 6) is -0.141. The summed E-state index contributed by atoms with van der Waals surface area (Å²) in [6, 6.07) is 0.269. The van der Waals surface area contributed by atoms with Crippen LogP contribution in [0.15, 0.2) is 4.99 Å². The summed E-state index contributed by atoms with van der Waals surface area (Å²) in [6.45, 7) is 4.60. The minimum absolute atomic E-state index is 0.119. The van der Waals surface area contributed by atoms with Gasteiger partial charge >= 0.3 is 6.02 Å². The van der Waals surface area contributed by atoms with Crippen molar-refractivity contribution >= 4 is 11.9 Å². The van der Waals surface area contributed by atoms with E-state index in [1.807, 2.05) is 13.8 Å². The van der Waals surface area contributed by atoms with E-state index >= 15 is 0 Å². The lowest BCUT2D eigenvalue weighted by atomic mass is 10.3. The van der Waals surface area contributed by atoms with Crippen LogP contribution in [0.4, 0.5) is 0 Å². The maximum absolute atomic E-state index is 11.1. The van der Waals surface area contributed by atoms with E-state index in [0.29, 0.717) is 13.0 Å². The van der Waals surface area contributed by atoms with E-state index in [0.717, 1.165) is 12.8 Å². The third kappa shape index (κ3) is 3.05. The number of carbonyl (C=O) groups excluding carboxylic acids is 1. The second kappa shape index (κ2) is 4.84. The van der Waals surface area contributed by atoms with E-state index < -0.39 is 0 Å². The Morgan fingerprint density at radius 1 is 1.69 bits per heavy atom. The van der Waals surface area contributed by atoms with Crippen molar-refractivity contribution < 1.29 is 9.53 Å². The first-order chi connectivity index (χ1) is 6.26. The highest BCUT2D eigenvalue weighted by molar-refractivity contribution is 5.90. The molecule has 0 saturated carbocycles. The normalized spacial score (nSPS) is 24.2. The lowest BCUT2D eigenvalue weighted by Gasteiger charge is -2.01. The Labute approximate surface area is 78.4 Å². The van der Waals surface area contributed by atoms with E-state index in [-0.39, 0.29) is 18.0 Å². The molecule has 0 bridgehead atoms. The molecule has 73 valence electrons. The van der Waals surface area contributed by atoms with Crippen LogP contribution >= 0.6 is 0 Å². The van der Waals surface area contributed by atoms with E-state index in [1.165, 1.54) is 0 Å². The Bertz CT molecular complexity index is 214. The van der Waals surface area contributed by atoms with Gasteiger partial charge in [0.2, 0.25) is 5.91 Å². The molecule has 0 spiro atoms. The minimum atomic E-state index is -0.141. The first-order valence-corrected chi connectivity index (χ1v) is 4.72. The molecule has 0 aromatic rings. The molecule has 1 rings (SSSR count). The quantitative estimate of drug-likeness (QED) is 0.657. The minimum Gasteiger partial charge on any atom is -0.458 e. The molecule has 1 aliphatic rings. The number of rotatable bonds is 3. The van der Waals surface area contributed by atoms with Gasteiger partial charge in [-0.25, -0.2) is 5.32 Å². The van der Waals surface area contributed by atoms with Crippen LogP contribution in [-0.2, 0) is 9.53 Å². The van der Waals surface area contributed by atoms with Gasteiger partial charge in [-0.05, 0) is 12.8 Å². The van der Waals surface area contributed by atoms with Gasteiger partial charge in [0.25, 0.3) is 0 Å². The van der Waals surface area contributed by atoms with Crippen LogP contribution in [0.3, 0.4) is 0 Å². The zero-order valence-electron chi connectivity index (χ0n) is 8.12. The van der Waals surface area contributed by atoms with Crippen LogP contribution in [-0.4, -0.2) is 24.6 Å². The van der Waals surface area contributed by atoms with Gasteiger partial charge in [0.1, 0.15) is 6.10 Å². The molecule has 1 fully saturated rings. The average Bonchev–Trinajstić information content (AvgIpc) is 2.52. The van der Waals surface area contributed by atoms with Crippen molar-refractivity contribution in [3.63, 3.8) is 0 Å². The van der Waals surface area contributed by atoms with Crippen LogP contribution in [0.2, 0.25) is 0 Å².